The van der Waals surface area contributed by atoms with E-state index in [1.165, 1.54) is 16.3 Å². The molecule has 0 saturated heterocycles. The van der Waals surface area contributed by atoms with Gasteiger partial charge in [0, 0.05) is 18.0 Å². The van der Waals surface area contributed by atoms with Gasteiger partial charge >= 0.3 is 0 Å². The predicted octanol–water partition coefficient (Wildman–Crippen LogP) is 4.49. The van der Waals surface area contributed by atoms with E-state index < -0.39 is 0 Å². The van der Waals surface area contributed by atoms with Crippen molar-refractivity contribution in [2.24, 2.45) is 11.3 Å². The van der Waals surface area contributed by atoms with Crippen LogP contribution in [0.4, 0.5) is 0 Å². The van der Waals surface area contributed by atoms with E-state index in [4.69, 9.17) is 4.43 Å². The Morgan fingerprint density at radius 3 is 2.15 bits per heavy atom. The normalized spacial score (nSPS) is 15.7. The van der Waals surface area contributed by atoms with Crippen LogP contribution in [0.1, 0.15) is 40.2 Å². The summed E-state index contributed by atoms with van der Waals surface area (Å²) >= 11 is 0. The topological polar surface area (TPSA) is 35.0 Å². The van der Waals surface area contributed by atoms with Gasteiger partial charge < -0.3 is 4.43 Å². The van der Waals surface area contributed by atoms with Crippen LogP contribution in [-0.4, -0.2) is 20.5 Å². The molecule has 0 bridgehead atoms. The first-order chi connectivity index (χ1) is 12.3. The highest BCUT2D eigenvalue weighted by atomic mass is 28.2. The highest BCUT2D eigenvalue weighted by molar-refractivity contribution is 5.98. The van der Waals surface area contributed by atoms with Crippen LogP contribution in [0, 0.1) is 11.3 Å². The molecule has 0 aliphatic carbocycles. The van der Waals surface area contributed by atoms with Crippen LogP contribution in [-0.2, 0) is 10.0 Å². The lowest BCUT2D eigenvalue weighted by Crippen LogP contribution is -2.40. The van der Waals surface area contributed by atoms with Crippen LogP contribution in [0.3, 0.4) is 0 Å². The van der Waals surface area contributed by atoms with Gasteiger partial charge in [-0.1, -0.05) is 52.0 Å². The number of hydrogen-bond donors (Lipinski definition) is 0. The summed E-state index contributed by atoms with van der Waals surface area (Å²) in [6.45, 7) is 11.4. The Balaban J connectivity index is 2.04. The monoisotopic (exact) mass is 364 g/mol. The molecule has 0 radical (unpaired) electrons. The SMILES string of the molecule is CC(C(C)(C)C)C(C)(O[SiH3])c1ccc2cc(-c3ncccn3)ccc2c1. The highest BCUT2D eigenvalue weighted by Crippen LogP contribution is 2.43. The van der Waals surface area contributed by atoms with E-state index >= 15 is 0 Å². The summed E-state index contributed by atoms with van der Waals surface area (Å²) < 4.78 is 6.17. The molecule has 2 unspecified atom stereocenters. The largest absolute Gasteiger partial charge is 0.418 e. The van der Waals surface area contributed by atoms with Gasteiger partial charge in [-0.15, -0.1) is 0 Å². The molecule has 0 saturated carbocycles. The summed E-state index contributed by atoms with van der Waals surface area (Å²) in [5.41, 5.74) is 2.17. The number of rotatable bonds is 4. The van der Waals surface area contributed by atoms with Crippen molar-refractivity contribution in [2.75, 3.05) is 0 Å². The Morgan fingerprint density at radius 2 is 1.54 bits per heavy atom. The summed E-state index contributed by atoms with van der Waals surface area (Å²) in [7, 11) is 0.709. The number of nitrogens with zero attached hydrogens (tertiary/aromatic N) is 2. The van der Waals surface area contributed by atoms with Crippen molar-refractivity contribution in [1.29, 1.82) is 0 Å². The van der Waals surface area contributed by atoms with E-state index in [2.05, 4.69) is 81.0 Å². The molecule has 3 rings (SSSR count). The van der Waals surface area contributed by atoms with Gasteiger partial charge in [-0.05, 0) is 52.8 Å². The molecule has 0 N–H and O–H groups in total. The van der Waals surface area contributed by atoms with E-state index in [1.54, 1.807) is 12.4 Å². The summed E-state index contributed by atoms with van der Waals surface area (Å²) in [6.07, 6.45) is 3.55. The van der Waals surface area contributed by atoms with E-state index in [0.29, 0.717) is 16.4 Å². The van der Waals surface area contributed by atoms with Gasteiger partial charge in [0.25, 0.3) is 0 Å². The van der Waals surface area contributed by atoms with Crippen LogP contribution >= 0.6 is 0 Å². The summed E-state index contributed by atoms with van der Waals surface area (Å²) in [5.74, 6) is 1.15. The van der Waals surface area contributed by atoms with Crippen molar-refractivity contribution in [3.63, 3.8) is 0 Å². The first kappa shape index (κ1) is 18.7. The molecule has 2 atom stereocenters. The Hall–Kier alpha value is -2.04. The molecule has 0 spiro atoms. The van der Waals surface area contributed by atoms with Crippen molar-refractivity contribution >= 4 is 21.3 Å². The van der Waals surface area contributed by atoms with Crippen LogP contribution in [0.15, 0.2) is 54.9 Å². The predicted molar refractivity (Wildman–Crippen MR) is 112 cm³/mol. The molecule has 0 aliphatic rings. The molecule has 1 aromatic heterocycles. The maximum absolute atomic E-state index is 6.17. The van der Waals surface area contributed by atoms with Crippen LogP contribution < -0.4 is 0 Å². The number of benzene rings is 2. The fourth-order valence-electron chi connectivity index (χ4n) is 3.51. The minimum absolute atomic E-state index is 0.169. The lowest BCUT2D eigenvalue weighted by atomic mass is 9.69. The molecular formula is C22H28N2OSi. The molecular weight excluding hydrogens is 336 g/mol. The average Bonchev–Trinajstić information content (AvgIpc) is 2.66. The van der Waals surface area contributed by atoms with Gasteiger partial charge in [0.2, 0.25) is 0 Å². The second-order valence-corrected chi connectivity index (χ2v) is 8.66. The minimum Gasteiger partial charge on any atom is -0.418 e. The highest BCUT2D eigenvalue weighted by Gasteiger charge is 2.39. The maximum Gasteiger partial charge on any atom is 0.159 e. The van der Waals surface area contributed by atoms with Gasteiger partial charge in [0.15, 0.2) is 5.82 Å². The molecule has 136 valence electrons. The number of fused-ring (bicyclic) bond motifs is 1. The number of aromatic nitrogens is 2. The fourth-order valence-corrected chi connectivity index (χ4v) is 4.10. The van der Waals surface area contributed by atoms with Gasteiger partial charge in [-0.25, -0.2) is 9.97 Å². The minimum atomic E-state index is -0.278. The maximum atomic E-state index is 6.17. The molecule has 0 aliphatic heterocycles. The molecule has 26 heavy (non-hydrogen) atoms. The van der Waals surface area contributed by atoms with Crippen molar-refractivity contribution in [2.45, 2.75) is 40.2 Å². The summed E-state index contributed by atoms with van der Waals surface area (Å²) in [6, 6.07) is 14.9. The van der Waals surface area contributed by atoms with Gasteiger partial charge in [0.05, 0.1) is 5.60 Å². The van der Waals surface area contributed by atoms with E-state index in [0.717, 1.165) is 11.4 Å². The van der Waals surface area contributed by atoms with Crippen molar-refractivity contribution in [1.82, 2.24) is 9.97 Å². The molecule has 0 fully saturated rings. The van der Waals surface area contributed by atoms with Gasteiger partial charge in [-0.2, -0.15) is 0 Å². The van der Waals surface area contributed by atoms with Crippen molar-refractivity contribution in [3.05, 3.63) is 60.4 Å². The quantitative estimate of drug-likeness (QED) is 0.640. The standard InChI is InChI=1S/C22H28N2OSi/c1-15(21(2,3)4)22(5,25-26)19-10-9-16-13-18(8-7-17(16)14-19)20-23-11-6-12-24-20/h6-15H,1-5,26H3. The summed E-state index contributed by atoms with van der Waals surface area (Å²) in [4.78, 5) is 8.70. The zero-order valence-electron chi connectivity index (χ0n) is 16.6. The zero-order chi connectivity index (χ0) is 18.9. The third kappa shape index (κ3) is 3.44. The van der Waals surface area contributed by atoms with Crippen LogP contribution in [0.2, 0.25) is 0 Å². The van der Waals surface area contributed by atoms with Gasteiger partial charge in [0.1, 0.15) is 10.5 Å². The molecule has 0 amide bonds. The van der Waals surface area contributed by atoms with E-state index in [9.17, 15) is 0 Å². The third-order valence-electron chi connectivity index (χ3n) is 5.79. The van der Waals surface area contributed by atoms with Gasteiger partial charge in [-0.3, -0.25) is 0 Å². The Kier molecular flexibility index (Phi) is 5.00. The summed E-state index contributed by atoms with van der Waals surface area (Å²) in [5, 5.41) is 2.41. The lowest BCUT2D eigenvalue weighted by molar-refractivity contribution is -0.0147. The smallest absolute Gasteiger partial charge is 0.159 e. The fraction of sp³-hybridized carbons (Fsp3) is 0.364. The van der Waals surface area contributed by atoms with Crippen molar-refractivity contribution in [3.8, 4) is 11.4 Å². The molecule has 1 heterocycles. The van der Waals surface area contributed by atoms with Crippen molar-refractivity contribution < 1.29 is 4.43 Å². The second-order valence-electron chi connectivity index (χ2n) is 8.25. The Labute approximate surface area is 159 Å². The van der Waals surface area contributed by atoms with E-state index in [-0.39, 0.29) is 11.0 Å². The Bertz CT molecular complexity index is 905. The van der Waals surface area contributed by atoms with E-state index in [1.807, 2.05) is 6.07 Å². The average molecular weight is 365 g/mol. The third-order valence-corrected chi connectivity index (χ3v) is 6.63. The zero-order valence-corrected chi connectivity index (χ0v) is 18.6. The molecule has 3 nitrogen and oxygen atoms in total. The van der Waals surface area contributed by atoms with Crippen LogP contribution in [0.5, 0.6) is 0 Å². The first-order valence-corrected chi connectivity index (χ1v) is 9.94. The molecule has 3 aromatic rings. The molecule has 2 aromatic carbocycles. The lowest BCUT2D eigenvalue weighted by Gasteiger charge is -2.43. The first-order valence-electron chi connectivity index (χ1n) is 9.12. The van der Waals surface area contributed by atoms with Crippen LogP contribution in [0.25, 0.3) is 22.2 Å². The molecule has 4 heteroatoms. The Morgan fingerprint density at radius 1 is 0.923 bits per heavy atom. The second kappa shape index (κ2) is 6.93. The number of hydrogen-bond acceptors (Lipinski definition) is 3.